The fourth-order valence-electron chi connectivity index (χ4n) is 2.30. The van der Waals surface area contributed by atoms with E-state index in [1.165, 1.54) is 0 Å². The highest BCUT2D eigenvalue weighted by Gasteiger charge is 2.24. The zero-order valence-electron chi connectivity index (χ0n) is 14.7. The molecule has 1 aromatic carbocycles. The summed E-state index contributed by atoms with van der Waals surface area (Å²) in [5.41, 5.74) is 1.19. The quantitative estimate of drug-likeness (QED) is 0.702. The zero-order valence-corrected chi connectivity index (χ0v) is 15.5. The van der Waals surface area contributed by atoms with Crippen LogP contribution in [0, 0.1) is 0 Å². The molecule has 0 aromatic heterocycles. The Kier molecular flexibility index (Phi) is 7.07. The minimum Gasteiger partial charge on any atom is -0.207 e. The third-order valence-electron chi connectivity index (χ3n) is 3.88. The molecule has 0 radical (unpaired) electrons. The van der Waals surface area contributed by atoms with Gasteiger partial charge in [0, 0.05) is 13.1 Å². The predicted octanol–water partition coefficient (Wildman–Crippen LogP) is 4.58. The van der Waals surface area contributed by atoms with Crippen molar-refractivity contribution in [1.29, 1.82) is 0 Å². The topological polar surface area (TPSA) is 37.4 Å². The molecule has 0 aliphatic heterocycles. The first kappa shape index (κ1) is 19.2. The second kappa shape index (κ2) is 8.11. The molecule has 0 heterocycles. The number of nitrogens with zero attached hydrogens (tertiary/aromatic N) is 1. The van der Waals surface area contributed by atoms with Crippen LogP contribution in [0.5, 0.6) is 0 Å². The number of unbranched alkanes of at least 4 members (excludes halogenated alkanes) is 2. The third kappa shape index (κ3) is 5.10. The number of sulfonamides is 1. The summed E-state index contributed by atoms with van der Waals surface area (Å²) in [6.45, 7) is 11.8. The van der Waals surface area contributed by atoms with E-state index in [0.29, 0.717) is 18.0 Å². The largest absolute Gasteiger partial charge is 0.243 e. The molecule has 0 aliphatic rings. The van der Waals surface area contributed by atoms with Gasteiger partial charge in [0.25, 0.3) is 0 Å². The van der Waals surface area contributed by atoms with Crippen molar-refractivity contribution >= 4 is 10.0 Å². The van der Waals surface area contributed by atoms with E-state index < -0.39 is 10.0 Å². The average molecular weight is 326 g/mol. The Bertz CT molecular complexity index is 533. The van der Waals surface area contributed by atoms with Gasteiger partial charge in [0.1, 0.15) is 0 Å². The first-order chi connectivity index (χ1) is 10.2. The molecule has 0 aliphatic carbocycles. The molecular weight excluding hydrogens is 294 g/mol. The summed E-state index contributed by atoms with van der Waals surface area (Å²) in [7, 11) is -3.37. The molecule has 0 atom stereocenters. The molecule has 1 aromatic rings. The summed E-state index contributed by atoms with van der Waals surface area (Å²) < 4.78 is 27.3. The van der Waals surface area contributed by atoms with Crippen LogP contribution in [0.1, 0.15) is 65.9 Å². The van der Waals surface area contributed by atoms with Gasteiger partial charge in [-0.05, 0) is 36.0 Å². The van der Waals surface area contributed by atoms with E-state index in [0.717, 1.165) is 31.2 Å². The molecule has 0 fully saturated rings. The lowest BCUT2D eigenvalue weighted by Crippen LogP contribution is -2.33. The summed E-state index contributed by atoms with van der Waals surface area (Å²) >= 11 is 0. The Labute approximate surface area is 136 Å². The maximum Gasteiger partial charge on any atom is 0.243 e. The monoisotopic (exact) mass is 325 g/mol. The van der Waals surface area contributed by atoms with Crippen molar-refractivity contribution in [2.45, 2.75) is 70.6 Å². The van der Waals surface area contributed by atoms with E-state index in [4.69, 9.17) is 0 Å². The number of rotatable bonds is 8. The van der Waals surface area contributed by atoms with Gasteiger partial charge in [0.05, 0.1) is 4.90 Å². The normalized spacial score (nSPS) is 12.8. The number of hydrogen-bond acceptors (Lipinski definition) is 2. The van der Waals surface area contributed by atoms with E-state index >= 15 is 0 Å². The summed E-state index contributed by atoms with van der Waals surface area (Å²) in [5.74, 6) is 0. The minimum absolute atomic E-state index is 0.0341. The lowest BCUT2D eigenvalue weighted by atomic mass is 9.87. The molecule has 0 amide bonds. The summed E-state index contributed by atoms with van der Waals surface area (Å²) in [6.07, 6.45) is 3.81. The van der Waals surface area contributed by atoms with Crippen molar-refractivity contribution in [3.05, 3.63) is 29.8 Å². The Balaban J connectivity index is 3.02. The molecule has 0 unspecified atom stereocenters. The smallest absolute Gasteiger partial charge is 0.207 e. The van der Waals surface area contributed by atoms with Crippen LogP contribution in [0.4, 0.5) is 0 Å². The second-order valence-electron chi connectivity index (χ2n) is 6.89. The SMILES string of the molecule is CCCCN(CCCC)S(=O)(=O)c1ccc(C(C)(C)C)cc1. The first-order valence-electron chi connectivity index (χ1n) is 8.34. The van der Waals surface area contributed by atoms with Gasteiger partial charge in [-0.25, -0.2) is 8.42 Å². The van der Waals surface area contributed by atoms with Crippen molar-refractivity contribution in [2.24, 2.45) is 0 Å². The van der Waals surface area contributed by atoms with Crippen LogP contribution in [0.25, 0.3) is 0 Å². The Hall–Kier alpha value is -0.870. The minimum atomic E-state index is -3.37. The van der Waals surface area contributed by atoms with Crippen LogP contribution in [-0.2, 0) is 15.4 Å². The van der Waals surface area contributed by atoms with E-state index in [1.807, 2.05) is 12.1 Å². The molecule has 126 valence electrons. The maximum atomic E-state index is 12.8. The van der Waals surface area contributed by atoms with Gasteiger partial charge in [-0.3, -0.25) is 0 Å². The fraction of sp³-hybridized carbons (Fsp3) is 0.667. The molecular formula is C18H31NO2S. The van der Waals surface area contributed by atoms with Crippen molar-refractivity contribution in [2.75, 3.05) is 13.1 Å². The van der Waals surface area contributed by atoms with Gasteiger partial charge < -0.3 is 0 Å². The summed E-state index contributed by atoms with van der Waals surface area (Å²) in [5, 5.41) is 0. The predicted molar refractivity (Wildman–Crippen MR) is 93.7 cm³/mol. The molecule has 0 saturated carbocycles. The second-order valence-corrected chi connectivity index (χ2v) is 8.82. The van der Waals surface area contributed by atoms with Gasteiger partial charge in [0.2, 0.25) is 10.0 Å². The van der Waals surface area contributed by atoms with Crippen molar-refractivity contribution in [3.8, 4) is 0 Å². The molecule has 3 nitrogen and oxygen atoms in total. The molecule has 0 saturated heterocycles. The average Bonchev–Trinajstić information content (AvgIpc) is 2.46. The van der Waals surface area contributed by atoms with Gasteiger partial charge in [-0.2, -0.15) is 4.31 Å². The molecule has 0 N–H and O–H groups in total. The van der Waals surface area contributed by atoms with Crippen LogP contribution >= 0.6 is 0 Å². The highest BCUT2D eigenvalue weighted by molar-refractivity contribution is 7.89. The fourth-order valence-corrected chi connectivity index (χ4v) is 3.81. The maximum absolute atomic E-state index is 12.8. The summed E-state index contributed by atoms with van der Waals surface area (Å²) in [4.78, 5) is 0.410. The molecule has 4 heteroatoms. The van der Waals surface area contributed by atoms with Crippen LogP contribution in [0.2, 0.25) is 0 Å². The van der Waals surface area contributed by atoms with E-state index in [1.54, 1.807) is 16.4 Å². The standard InChI is InChI=1S/C18H31NO2S/c1-6-8-14-19(15-9-7-2)22(20,21)17-12-10-16(11-13-17)18(3,4)5/h10-13H,6-9,14-15H2,1-5H3. The Morgan fingerprint density at radius 1 is 0.909 bits per heavy atom. The lowest BCUT2D eigenvalue weighted by molar-refractivity contribution is 0.395. The van der Waals surface area contributed by atoms with E-state index in [-0.39, 0.29) is 5.41 Å². The Morgan fingerprint density at radius 2 is 1.36 bits per heavy atom. The van der Waals surface area contributed by atoms with Crippen molar-refractivity contribution < 1.29 is 8.42 Å². The van der Waals surface area contributed by atoms with E-state index in [9.17, 15) is 8.42 Å². The van der Waals surface area contributed by atoms with Crippen molar-refractivity contribution in [1.82, 2.24) is 4.31 Å². The van der Waals surface area contributed by atoms with Crippen LogP contribution in [0.3, 0.4) is 0 Å². The Morgan fingerprint density at radius 3 is 1.73 bits per heavy atom. The van der Waals surface area contributed by atoms with Gasteiger partial charge in [-0.15, -0.1) is 0 Å². The van der Waals surface area contributed by atoms with Crippen LogP contribution in [0.15, 0.2) is 29.2 Å². The third-order valence-corrected chi connectivity index (χ3v) is 5.79. The summed E-state index contributed by atoms with van der Waals surface area (Å²) in [6, 6.07) is 7.37. The van der Waals surface area contributed by atoms with Crippen LogP contribution < -0.4 is 0 Å². The first-order valence-corrected chi connectivity index (χ1v) is 9.78. The molecule has 0 bridgehead atoms. The number of benzene rings is 1. The van der Waals surface area contributed by atoms with Gasteiger partial charge in [0.15, 0.2) is 0 Å². The lowest BCUT2D eigenvalue weighted by Gasteiger charge is -2.23. The van der Waals surface area contributed by atoms with Crippen molar-refractivity contribution in [3.63, 3.8) is 0 Å². The van der Waals surface area contributed by atoms with Gasteiger partial charge in [-0.1, -0.05) is 59.6 Å². The molecule has 22 heavy (non-hydrogen) atoms. The molecule has 0 spiro atoms. The highest BCUT2D eigenvalue weighted by atomic mass is 32.2. The van der Waals surface area contributed by atoms with Gasteiger partial charge >= 0.3 is 0 Å². The number of hydrogen-bond donors (Lipinski definition) is 0. The highest BCUT2D eigenvalue weighted by Crippen LogP contribution is 2.25. The van der Waals surface area contributed by atoms with Crippen LogP contribution in [-0.4, -0.2) is 25.8 Å². The zero-order chi connectivity index (χ0) is 16.8. The van der Waals surface area contributed by atoms with E-state index in [2.05, 4.69) is 34.6 Å². The molecule has 1 rings (SSSR count).